The highest BCUT2D eigenvalue weighted by atomic mass is 31.3. The first-order chi connectivity index (χ1) is 33.3. The quantitative estimate of drug-likeness (QED) is 0.0318. The highest BCUT2D eigenvalue weighted by molar-refractivity contribution is 7.61. The summed E-state index contributed by atoms with van der Waals surface area (Å²) in [5.74, 6) is -3.41. The Morgan fingerprint density at radius 2 is 1.56 bits per heavy atom. The summed E-state index contributed by atoms with van der Waals surface area (Å²) in [5, 5.41) is 57.4. The number of nitrogens with two attached hydrogens (primary N) is 1. The number of nitrogens with zero attached hydrogens (tertiary/aromatic N) is 2. The number of aromatic nitrogens is 2. The second kappa shape index (κ2) is 32.3. The van der Waals surface area contributed by atoms with Crippen LogP contribution in [0.2, 0.25) is 0 Å². The fraction of sp³-hybridized carbons (Fsp3) is 0.787. The molecule has 3 heterocycles. The maximum atomic E-state index is 13.4. The van der Waals surface area contributed by atoms with Crippen molar-refractivity contribution < 1.29 is 81.6 Å². The smallest absolute Gasteiger partial charge is 0.462 e. The van der Waals surface area contributed by atoms with Gasteiger partial charge in [-0.15, -0.1) is 0 Å². The maximum Gasteiger partial charge on any atom is 0.481 e. The highest BCUT2D eigenvalue weighted by Crippen LogP contribution is 2.60. The number of ether oxygens (including phenoxy) is 3. The summed E-state index contributed by atoms with van der Waals surface area (Å²) in [7, 11) is -11.3. The van der Waals surface area contributed by atoms with Gasteiger partial charge in [0.2, 0.25) is 0 Å². The Hall–Kier alpha value is -2.88. The Morgan fingerprint density at radius 3 is 2.23 bits per heavy atom. The maximum absolute atomic E-state index is 13.4. The van der Waals surface area contributed by atoms with Crippen LogP contribution in [0, 0.1) is 17.8 Å². The van der Waals surface area contributed by atoms with E-state index in [4.69, 9.17) is 29.0 Å². The molecule has 21 nitrogen and oxygen atoms in total. The van der Waals surface area contributed by atoms with Crippen molar-refractivity contribution in [2.24, 2.45) is 17.8 Å². The molecule has 2 aliphatic rings. The monoisotopic (exact) mass is 1040 g/mol. The minimum absolute atomic E-state index is 0.00164. The molecule has 2 bridgehead atoms. The van der Waals surface area contributed by atoms with Crippen molar-refractivity contribution in [1.29, 1.82) is 0 Å². The first kappa shape index (κ1) is 61.4. The fourth-order valence-electron chi connectivity index (χ4n) is 8.21. The molecule has 9 N–H and O–H groups in total. The average Bonchev–Trinajstić information content (AvgIpc) is 3.29. The number of phosphoric acid groups is 2. The molecule has 2 aliphatic heterocycles. The van der Waals surface area contributed by atoms with Crippen molar-refractivity contribution in [3.05, 3.63) is 47.1 Å². The van der Waals surface area contributed by atoms with Crippen LogP contribution in [0.25, 0.3) is 0 Å². The molecule has 0 aromatic carbocycles. The van der Waals surface area contributed by atoms with Crippen LogP contribution in [0.1, 0.15) is 155 Å². The number of allylic oxidation sites excluding steroid dienone is 2. The van der Waals surface area contributed by atoms with Crippen LogP contribution in [0.15, 0.2) is 41.4 Å². The number of fused-ring (bicyclic) bond motifs is 3. The van der Waals surface area contributed by atoms with E-state index in [1.807, 2.05) is 6.92 Å². The van der Waals surface area contributed by atoms with Gasteiger partial charge in [-0.05, 0) is 44.1 Å². The third-order valence-corrected chi connectivity index (χ3v) is 15.2. The minimum Gasteiger partial charge on any atom is -0.462 e. The summed E-state index contributed by atoms with van der Waals surface area (Å²) in [6, 6.07) is 1.24. The third kappa shape index (κ3) is 23.3. The number of unbranched alkanes of at least 4 members (excludes halogenated alkanes) is 9. The molecule has 13 atom stereocenters. The van der Waals surface area contributed by atoms with Crippen LogP contribution in [0.5, 0.6) is 0 Å². The topological polar surface area (TPSA) is 326 Å². The second-order valence-electron chi connectivity index (χ2n) is 18.5. The number of aliphatic hydroxyl groups excluding tert-OH is 5. The first-order valence-electron chi connectivity index (χ1n) is 25.0. The molecule has 0 amide bonds. The largest absolute Gasteiger partial charge is 0.481 e. The number of hydrogen-bond donors (Lipinski definition) is 8. The van der Waals surface area contributed by atoms with Gasteiger partial charge in [0.15, 0.2) is 6.10 Å². The van der Waals surface area contributed by atoms with Gasteiger partial charge in [-0.25, -0.2) is 13.9 Å². The van der Waals surface area contributed by atoms with Gasteiger partial charge in [0.25, 0.3) is 0 Å². The summed E-state index contributed by atoms with van der Waals surface area (Å²) < 4.78 is 59.0. The minimum atomic E-state index is -5.70. The van der Waals surface area contributed by atoms with Crippen LogP contribution in [-0.4, -0.2) is 119 Å². The van der Waals surface area contributed by atoms with Crippen LogP contribution in [0.4, 0.5) is 5.82 Å². The number of carbonyl (C=O) groups excluding carboxylic acids is 2. The zero-order chi connectivity index (χ0) is 51.7. The van der Waals surface area contributed by atoms with Gasteiger partial charge >= 0.3 is 33.3 Å². The van der Waals surface area contributed by atoms with E-state index >= 15 is 0 Å². The molecule has 0 saturated carbocycles. The molecule has 1 aromatic rings. The van der Waals surface area contributed by atoms with Gasteiger partial charge in [-0.3, -0.25) is 23.2 Å². The van der Waals surface area contributed by atoms with E-state index in [0.29, 0.717) is 25.7 Å². The highest BCUT2D eigenvalue weighted by Gasteiger charge is 2.45. The molecule has 1 fully saturated rings. The number of aliphatic hydroxyl groups is 5. The Balaban J connectivity index is 1.87. The number of carbonyl (C=O) groups is 2. The second-order valence-corrected chi connectivity index (χ2v) is 21.6. The van der Waals surface area contributed by atoms with Crippen molar-refractivity contribution in [3.63, 3.8) is 0 Å². The number of rotatable bonds is 20. The van der Waals surface area contributed by atoms with Crippen molar-refractivity contribution >= 4 is 33.4 Å². The van der Waals surface area contributed by atoms with Gasteiger partial charge in [-0.1, -0.05) is 122 Å². The molecule has 3 rings (SSSR count). The predicted octanol–water partition coefficient (Wildman–Crippen LogP) is 6.07. The number of cyclic esters (lactones) is 1. The summed E-state index contributed by atoms with van der Waals surface area (Å²) in [6.45, 7) is 3.74. The molecular weight excluding hydrogens is 956 g/mol. The Labute approximate surface area is 412 Å². The lowest BCUT2D eigenvalue weighted by atomic mass is 9.82. The summed E-state index contributed by atoms with van der Waals surface area (Å²) in [4.78, 5) is 64.1. The zero-order valence-corrected chi connectivity index (χ0v) is 42.9. The number of phosphoric ester groups is 2. The lowest BCUT2D eigenvalue weighted by Crippen LogP contribution is -2.52. The normalized spacial score (nSPS) is 31.8. The summed E-state index contributed by atoms with van der Waals surface area (Å²) >= 11 is 0. The molecule has 3 unspecified atom stereocenters. The van der Waals surface area contributed by atoms with Gasteiger partial charge in [0.05, 0.1) is 37.6 Å². The van der Waals surface area contributed by atoms with Crippen LogP contribution >= 0.6 is 15.6 Å². The number of hydrogen-bond acceptors (Lipinski definition) is 18. The Bertz CT molecular complexity index is 1900. The standard InChI is InChI=1S/C47H81N3O18P2/c1-4-6-15-21-34(51)25-26-36-38(52)29-39(53)37-22-17-13-14-18-23-42(54)63-30-35(66-43(55)24-19-12-10-8-7-9-11-16-20-33(3)5-2)31-64-69(59,60)68-70(61,62)65-32-40(45(57)44(36)56)67-46(37)50-28-27-41(48)49-47(50)58/h13,17,25-28,33-40,44-46,51-53,56-57H,4-12,14-16,18-24,29-32H2,1-3H3,(H,59,60)(H,61,62)(H2,48,49,58)/b17-13-,26-25+/t33?,34-,35+,36-,37-,38+,39-,40+,44-,45+,46+/m0/s1. The number of nitrogen functional groups attached to an aromatic ring is 1. The summed E-state index contributed by atoms with van der Waals surface area (Å²) in [5.41, 5.74) is 4.77. The summed E-state index contributed by atoms with van der Waals surface area (Å²) in [6.07, 6.45) is 6.86. The van der Waals surface area contributed by atoms with E-state index in [2.05, 4.69) is 23.1 Å². The predicted molar refractivity (Wildman–Crippen MR) is 258 cm³/mol. The van der Waals surface area contributed by atoms with Gasteiger partial charge in [0.1, 0.15) is 30.9 Å². The molecule has 402 valence electrons. The van der Waals surface area contributed by atoms with E-state index in [1.165, 1.54) is 50.1 Å². The van der Waals surface area contributed by atoms with Crippen molar-refractivity contribution in [3.8, 4) is 0 Å². The SMILES string of the molecule is CCCCC[C@H](O)/C=C/[C@@H]1[C@H](O)[C@H](O)[C@H]2COP(=O)(O)OP(=O)(O)OC[C@H](OC(=O)CCCCCCCCCCC(C)CC)COC(=O)CCC/C=C\C[C@H]([C@H](n3ccc(N)nc3=O)O2)[C@@H](O)C[C@H]1O. The number of esters is 2. The lowest BCUT2D eigenvalue weighted by Gasteiger charge is -2.40. The zero-order valence-electron chi connectivity index (χ0n) is 41.1. The van der Waals surface area contributed by atoms with E-state index in [1.54, 1.807) is 12.2 Å². The molecular formula is C47H81N3O18P2. The van der Waals surface area contributed by atoms with Crippen LogP contribution in [-0.2, 0) is 46.3 Å². The van der Waals surface area contributed by atoms with Crippen LogP contribution < -0.4 is 11.4 Å². The van der Waals surface area contributed by atoms with Crippen molar-refractivity contribution in [2.45, 2.75) is 198 Å². The van der Waals surface area contributed by atoms with E-state index < -0.39 is 120 Å². The number of anilines is 1. The van der Waals surface area contributed by atoms with Gasteiger partial charge in [-0.2, -0.15) is 9.29 Å². The van der Waals surface area contributed by atoms with E-state index in [-0.39, 0.29) is 31.5 Å². The van der Waals surface area contributed by atoms with Crippen LogP contribution in [0.3, 0.4) is 0 Å². The Morgan fingerprint density at radius 1 is 0.900 bits per heavy atom. The molecule has 70 heavy (non-hydrogen) atoms. The van der Waals surface area contributed by atoms with Crippen molar-refractivity contribution in [2.75, 3.05) is 25.6 Å². The molecule has 1 aromatic heterocycles. The van der Waals surface area contributed by atoms with Gasteiger partial charge in [0, 0.05) is 37.3 Å². The Kier molecular flexibility index (Phi) is 28.4. The molecule has 1 saturated heterocycles. The molecule has 0 spiro atoms. The van der Waals surface area contributed by atoms with Gasteiger partial charge < -0.3 is 55.3 Å². The van der Waals surface area contributed by atoms with Crippen molar-refractivity contribution in [1.82, 2.24) is 9.55 Å². The molecule has 23 heteroatoms. The van der Waals surface area contributed by atoms with E-state index in [9.17, 15) is 58.8 Å². The fourth-order valence-corrected chi connectivity index (χ4v) is 10.3. The third-order valence-electron chi connectivity index (χ3n) is 12.6. The van der Waals surface area contributed by atoms with E-state index in [0.717, 1.165) is 55.4 Å². The first-order valence-corrected chi connectivity index (χ1v) is 28.0. The average molecular weight is 1040 g/mol. The molecule has 0 radical (unpaired) electrons. The molecule has 0 aliphatic carbocycles. The lowest BCUT2D eigenvalue weighted by molar-refractivity contribution is -0.194.